The van der Waals surface area contributed by atoms with Crippen molar-refractivity contribution in [2.45, 2.75) is 31.2 Å². The number of halogens is 4. The van der Waals surface area contributed by atoms with Gasteiger partial charge in [-0.15, -0.1) is 12.4 Å². The maximum atomic E-state index is 13.9. The topological polar surface area (TPSA) is 12.0 Å². The molecule has 2 rings (SSSR count). The highest BCUT2D eigenvalue weighted by Crippen LogP contribution is 2.42. The molecule has 1 aromatic rings. The van der Waals surface area contributed by atoms with Crippen molar-refractivity contribution in [2.24, 2.45) is 0 Å². The van der Waals surface area contributed by atoms with Crippen LogP contribution in [0.15, 0.2) is 24.3 Å². The minimum atomic E-state index is -2.80. The summed E-state index contributed by atoms with van der Waals surface area (Å²) in [5.41, 5.74) is -0.961. The van der Waals surface area contributed by atoms with E-state index in [1.807, 2.05) is 0 Å². The number of hydrogen-bond donors (Lipinski definition) is 1. The Morgan fingerprint density at radius 1 is 1.18 bits per heavy atom. The maximum absolute atomic E-state index is 13.9. The number of benzene rings is 1. The summed E-state index contributed by atoms with van der Waals surface area (Å²) < 4.78 is 40.5. The standard InChI is InChI=1S/C12H14F3N.ClH/c1-11(9-3-5-10(13)6-4-9)12(14,15)7-2-8-16-11;/h3-6,16H,2,7-8H2,1H3;1H. The molecule has 1 nitrogen and oxygen atoms in total. The molecule has 0 amide bonds. The predicted octanol–water partition coefficient (Wildman–Crippen LogP) is 3.48. The van der Waals surface area contributed by atoms with Crippen LogP contribution in [0.2, 0.25) is 0 Å². The van der Waals surface area contributed by atoms with Gasteiger partial charge in [-0.05, 0) is 37.6 Å². The zero-order valence-corrected chi connectivity index (χ0v) is 10.3. The van der Waals surface area contributed by atoms with Crippen LogP contribution in [0.1, 0.15) is 25.3 Å². The summed E-state index contributed by atoms with van der Waals surface area (Å²) in [6, 6.07) is 5.27. The van der Waals surface area contributed by atoms with Gasteiger partial charge >= 0.3 is 0 Å². The Balaban J connectivity index is 0.00000144. The molecular formula is C12H15ClF3N. The molecule has 96 valence electrons. The fourth-order valence-electron chi connectivity index (χ4n) is 2.12. The van der Waals surface area contributed by atoms with Gasteiger partial charge in [-0.1, -0.05) is 12.1 Å². The second kappa shape index (κ2) is 4.86. The first-order chi connectivity index (χ1) is 7.46. The van der Waals surface area contributed by atoms with Gasteiger partial charge in [0.15, 0.2) is 0 Å². The van der Waals surface area contributed by atoms with Crippen LogP contribution in [0.4, 0.5) is 13.2 Å². The average molecular weight is 266 g/mol. The number of nitrogens with one attached hydrogen (secondary N) is 1. The highest BCUT2D eigenvalue weighted by atomic mass is 35.5. The van der Waals surface area contributed by atoms with Gasteiger partial charge in [0.1, 0.15) is 11.4 Å². The lowest BCUT2D eigenvalue weighted by Gasteiger charge is -2.42. The molecule has 0 bridgehead atoms. The van der Waals surface area contributed by atoms with Crippen molar-refractivity contribution >= 4 is 12.4 Å². The summed E-state index contributed by atoms with van der Waals surface area (Å²) in [4.78, 5) is 0. The summed E-state index contributed by atoms with van der Waals surface area (Å²) in [5.74, 6) is -3.21. The molecule has 0 aliphatic carbocycles. The normalized spacial score (nSPS) is 27.3. The van der Waals surface area contributed by atoms with E-state index in [0.717, 1.165) is 0 Å². The van der Waals surface area contributed by atoms with E-state index in [9.17, 15) is 13.2 Å². The minimum Gasteiger partial charge on any atom is -0.303 e. The van der Waals surface area contributed by atoms with Gasteiger partial charge in [-0.25, -0.2) is 13.2 Å². The van der Waals surface area contributed by atoms with Crippen LogP contribution in [0.25, 0.3) is 0 Å². The van der Waals surface area contributed by atoms with Crippen molar-refractivity contribution in [3.05, 3.63) is 35.6 Å². The van der Waals surface area contributed by atoms with Gasteiger partial charge < -0.3 is 5.32 Å². The molecule has 1 fully saturated rings. The molecule has 0 radical (unpaired) electrons. The molecule has 1 atom stereocenters. The average Bonchev–Trinajstić information content (AvgIpc) is 2.23. The molecule has 1 aliphatic heterocycles. The molecule has 1 N–H and O–H groups in total. The highest BCUT2D eigenvalue weighted by molar-refractivity contribution is 5.85. The van der Waals surface area contributed by atoms with E-state index in [4.69, 9.17) is 0 Å². The van der Waals surface area contributed by atoms with Gasteiger partial charge in [0.05, 0.1) is 0 Å². The van der Waals surface area contributed by atoms with E-state index in [2.05, 4.69) is 5.32 Å². The van der Waals surface area contributed by atoms with E-state index in [-0.39, 0.29) is 18.8 Å². The van der Waals surface area contributed by atoms with Crippen molar-refractivity contribution in [3.63, 3.8) is 0 Å². The molecule has 0 spiro atoms. The first kappa shape index (κ1) is 14.3. The third kappa shape index (κ3) is 2.43. The molecule has 17 heavy (non-hydrogen) atoms. The Morgan fingerprint density at radius 3 is 2.29 bits per heavy atom. The summed E-state index contributed by atoms with van der Waals surface area (Å²) in [7, 11) is 0. The number of hydrogen-bond acceptors (Lipinski definition) is 1. The van der Waals surface area contributed by atoms with E-state index in [1.54, 1.807) is 0 Å². The lowest BCUT2D eigenvalue weighted by atomic mass is 9.80. The van der Waals surface area contributed by atoms with Crippen LogP contribution in [0, 0.1) is 5.82 Å². The van der Waals surface area contributed by atoms with Crippen LogP contribution in [0.3, 0.4) is 0 Å². The summed E-state index contributed by atoms with van der Waals surface area (Å²) >= 11 is 0. The van der Waals surface area contributed by atoms with Gasteiger partial charge in [-0.2, -0.15) is 0 Å². The third-order valence-corrected chi connectivity index (χ3v) is 3.30. The quantitative estimate of drug-likeness (QED) is 0.820. The van der Waals surface area contributed by atoms with Gasteiger partial charge in [0.25, 0.3) is 5.92 Å². The first-order valence-corrected chi connectivity index (χ1v) is 5.35. The Hall–Kier alpha value is -0.740. The number of rotatable bonds is 1. The van der Waals surface area contributed by atoms with Crippen LogP contribution < -0.4 is 5.32 Å². The largest absolute Gasteiger partial charge is 0.303 e. The second-order valence-electron chi connectivity index (χ2n) is 4.37. The smallest absolute Gasteiger partial charge is 0.269 e. The third-order valence-electron chi connectivity index (χ3n) is 3.30. The predicted molar refractivity (Wildman–Crippen MR) is 63.2 cm³/mol. The van der Waals surface area contributed by atoms with Crippen molar-refractivity contribution in [1.29, 1.82) is 0 Å². The Labute approximate surface area is 105 Å². The number of alkyl halides is 2. The molecule has 1 unspecified atom stereocenters. The highest BCUT2D eigenvalue weighted by Gasteiger charge is 2.52. The van der Waals surface area contributed by atoms with Crippen LogP contribution in [0.5, 0.6) is 0 Å². The van der Waals surface area contributed by atoms with Crippen LogP contribution in [-0.2, 0) is 5.54 Å². The lowest BCUT2D eigenvalue weighted by molar-refractivity contribution is -0.110. The molecule has 5 heteroatoms. The van der Waals surface area contributed by atoms with Gasteiger partial charge in [0.2, 0.25) is 0 Å². The van der Waals surface area contributed by atoms with Crippen molar-refractivity contribution < 1.29 is 13.2 Å². The fraction of sp³-hybridized carbons (Fsp3) is 0.500. The van der Waals surface area contributed by atoms with Crippen LogP contribution >= 0.6 is 12.4 Å². The van der Waals surface area contributed by atoms with Gasteiger partial charge in [-0.3, -0.25) is 0 Å². The van der Waals surface area contributed by atoms with Crippen LogP contribution in [-0.4, -0.2) is 12.5 Å². The van der Waals surface area contributed by atoms with E-state index in [0.29, 0.717) is 18.5 Å². The zero-order chi connectivity index (χ0) is 11.8. The Bertz CT molecular complexity index is 380. The first-order valence-electron chi connectivity index (χ1n) is 5.35. The van der Waals surface area contributed by atoms with Crippen molar-refractivity contribution in [2.75, 3.05) is 6.54 Å². The molecule has 1 aliphatic rings. The molecule has 1 heterocycles. The minimum absolute atomic E-state index is 0. The lowest BCUT2D eigenvalue weighted by Crippen LogP contribution is -2.57. The summed E-state index contributed by atoms with van der Waals surface area (Å²) in [6.45, 7) is 2.03. The maximum Gasteiger partial charge on any atom is 0.269 e. The molecular weight excluding hydrogens is 251 g/mol. The fourth-order valence-corrected chi connectivity index (χ4v) is 2.12. The monoisotopic (exact) mass is 265 g/mol. The summed E-state index contributed by atoms with van der Waals surface area (Å²) in [5, 5.41) is 2.85. The van der Waals surface area contributed by atoms with E-state index in [1.165, 1.54) is 31.2 Å². The molecule has 1 saturated heterocycles. The molecule has 0 saturated carbocycles. The molecule has 1 aromatic carbocycles. The van der Waals surface area contributed by atoms with E-state index >= 15 is 0 Å². The SMILES string of the molecule is CC1(c2ccc(F)cc2)NCCCC1(F)F.Cl. The summed E-state index contributed by atoms with van der Waals surface area (Å²) in [6.07, 6.45) is 0.331. The Kier molecular flexibility index (Phi) is 4.10. The van der Waals surface area contributed by atoms with Gasteiger partial charge in [0, 0.05) is 6.42 Å². The Morgan fingerprint density at radius 2 is 1.76 bits per heavy atom. The van der Waals surface area contributed by atoms with E-state index < -0.39 is 17.3 Å². The van der Waals surface area contributed by atoms with Crippen molar-refractivity contribution in [3.8, 4) is 0 Å². The second-order valence-corrected chi connectivity index (χ2v) is 4.37. The van der Waals surface area contributed by atoms with Crippen molar-refractivity contribution in [1.82, 2.24) is 5.32 Å². The zero-order valence-electron chi connectivity index (χ0n) is 9.47. The molecule has 0 aromatic heterocycles. The number of piperidine rings is 1.